The third kappa shape index (κ3) is 8.54. The first-order valence-corrected chi connectivity index (χ1v) is 9.95. The molecule has 0 spiro atoms. The molecule has 3 aromatic rings. The molecule has 0 amide bonds. The summed E-state index contributed by atoms with van der Waals surface area (Å²) < 4.78 is 7.73. The molecule has 2 aromatic carbocycles. The molecule has 3 rings (SSSR count). The fraction of sp³-hybridized carbons (Fsp3) is 0.304. The Kier molecular flexibility index (Phi) is 11.0. The number of rotatable bonds is 10. The third-order valence-corrected chi connectivity index (χ3v) is 4.50. The minimum atomic E-state index is 0. The van der Waals surface area contributed by atoms with Crippen molar-refractivity contribution in [1.29, 1.82) is 0 Å². The number of nitrogens with zero attached hydrogens (tertiary/aromatic N) is 3. The van der Waals surface area contributed by atoms with Crippen LogP contribution in [-0.4, -0.2) is 29.3 Å². The van der Waals surface area contributed by atoms with Crippen molar-refractivity contribution in [1.82, 2.24) is 20.4 Å². The van der Waals surface area contributed by atoms with Gasteiger partial charge in [0.1, 0.15) is 0 Å². The van der Waals surface area contributed by atoms with E-state index < -0.39 is 0 Å². The van der Waals surface area contributed by atoms with Gasteiger partial charge in [0.25, 0.3) is 0 Å². The van der Waals surface area contributed by atoms with Crippen molar-refractivity contribution < 1.29 is 4.74 Å². The summed E-state index contributed by atoms with van der Waals surface area (Å²) in [6.45, 7) is 3.71. The van der Waals surface area contributed by atoms with Crippen molar-refractivity contribution in [3.8, 4) is 0 Å². The van der Waals surface area contributed by atoms with Crippen LogP contribution in [-0.2, 0) is 31.0 Å². The zero-order chi connectivity index (χ0) is 20.2. The van der Waals surface area contributed by atoms with E-state index in [-0.39, 0.29) is 24.0 Å². The van der Waals surface area contributed by atoms with Gasteiger partial charge in [-0.15, -0.1) is 24.0 Å². The minimum Gasteiger partial charge on any atom is -0.372 e. The molecule has 0 fully saturated rings. The number of aryl methyl sites for hydroxylation is 1. The number of ether oxygens (including phenoxy) is 1. The fourth-order valence-electron chi connectivity index (χ4n) is 2.90. The van der Waals surface area contributed by atoms with Gasteiger partial charge in [0, 0.05) is 39.1 Å². The first-order chi connectivity index (χ1) is 14.3. The Balaban J connectivity index is 0.00000320. The topological polar surface area (TPSA) is 63.5 Å². The molecule has 0 saturated carbocycles. The molecule has 0 saturated heterocycles. The molecular formula is C23H30IN5O. The van der Waals surface area contributed by atoms with E-state index in [1.54, 1.807) is 13.2 Å². The van der Waals surface area contributed by atoms with Crippen LogP contribution in [0.4, 0.5) is 0 Å². The second-order valence-electron chi connectivity index (χ2n) is 6.77. The number of hydrogen-bond acceptors (Lipinski definition) is 3. The summed E-state index contributed by atoms with van der Waals surface area (Å²) in [5.74, 6) is 0.806. The monoisotopic (exact) mass is 519 g/mol. The quantitative estimate of drug-likeness (QED) is 0.184. The number of nitrogens with one attached hydrogen (secondary N) is 2. The summed E-state index contributed by atoms with van der Waals surface area (Å²) >= 11 is 0. The Morgan fingerprint density at radius 2 is 1.63 bits per heavy atom. The lowest BCUT2D eigenvalue weighted by atomic mass is 10.1. The molecule has 0 aliphatic rings. The first-order valence-electron chi connectivity index (χ1n) is 9.95. The Bertz CT molecular complexity index is 851. The molecule has 0 aliphatic carbocycles. The Morgan fingerprint density at radius 3 is 2.30 bits per heavy atom. The molecule has 7 heteroatoms. The Hall–Kier alpha value is -2.39. The van der Waals surface area contributed by atoms with Crippen LogP contribution in [0.1, 0.15) is 23.1 Å². The molecule has 2 N–H and O–H groups in total. The van der Waals surface area contributed by atoms with E-state index in [0.29, 0.717) is 13.2 Å². The van der Waals surface area contributed by atoms with Crippen molar-refractivity contribution in [3.63, 3.8) is 0 Å². The lowest BCUT2D eigenvalue weighted by Gasteiger charge is -2.12. The molecule has 160 valence electrons. The van der Waals surface area contributed by atoms with Crippen molar-refractivity contribution in [2.45, 2.75) is 32.7 Å². The maximum Gasteiger partial charge on any atom is 0.191 e. The van der Waals surface area contributed by atoms with Gasteiger partial charge >= 0.3 is 0 Å². The second-order valence-corrected chi connectivity index (χ2v) is 6.77. The summed E-state index contributed by atoms with van der Waals surface area (Å²) in [6.07, 6.45) is 4.76. The number of benzene rings is 2. The largest absolute Gasteiger partial charge is 0.372 e. The van der Waals surface area contributed by atoms with Gasteiger partial charge in [-0.25, -0.2) is 0 Å². The maximum atomic E-state index is 5.79. The molecule has 1 aromatic heterocycles. The molecule has 0 radical (unpaired) electrons. The van der Waals surface area contributed by atoms with Gasteiger partial charge in [0.15, 0.2) is 5.96 Å². The van der Waals surface area contributed by atoms with Gasteiger partial charge in [0.05, 0.1) is 13.2 Å². The first kappa shape index (κ1) is 23.9. The van der Waals surface area contributed by atoms with Gasteiger partial charge < -0.3 is 15.4 Å². The normalized spacial score (nSPS) is 11.0. The molecule has 0 unspecified atom stereocenters. The third-order valence-electron chi connectivity index (χ3n) is 4.50. The van der Waals surface area contributed by atoms with Crippen LogP contribution in [0, 0.1) is 0 Å². The van der Waals surface area contributed by atoms with E-state index in [1.165, 1.54) is 16.7 Å². The highest BCUT2D eigenvalue weighted by Gasteiger charge is 2.00. The molecule has 6 nitrogen and oxygen atoms in total. The number of guanidine groups is 1. The Labute approximate surface area is 195 Å². The minimum absolute atomic E-state index is 0. The fourth-order valence-corrected chi connectivity index (χ4v) is 2.90. The summed E-state index contributed by atoms with van der Waals surface area (Å²) in [5.41, 5.74) is 3.57. The van der Waals surface area contributed by atoms with E-state index in [4.69, 9.17) is 4.74 Å². The number of aliphatic imine (C=N–C) groups is 1. The molecular weight excluding hydrogens is 489 g/mol. The van der Waals surface area contributed by atoms with Crippen LogP contribution in [0.5, 0.6) is 0 Å². The predicted octanol–water partition coefficient (Wildman–Crippen LogP) is 3.97. The van der Waals surface area contributed by atoms with Crippen LogP contribution in [0.3, 0.4) is 0 Å². The molecule has 1 heterocycles. The van der Waals surface area contributed by atoms with Crippen LogP contribution in [0.15, 0.2) is 78.0 Å². The van der Waals surface area contributed by atoms with Gasteiger partial charge in [-0.2, -0.15) is 5.10 Å². The van der Waals surface area contributed by atoms with Crippen molar-refractivity contribution in [3.05, 3.63) is 89.7 Å². The molecule has 0 atom stereocenters. The lowest BCUT2D eigenvalue weighted by molar-refractivity contribution is 0.107. The standard InChI is InChI=1S/C23H29N5O.HI/c1-24-23(25-13-5-15-28-16-6-14-27-28)26-17-20-9-11-22(12-10-20)19-29-18-21-7-3-2-4-8-21;/h2-4,6-12,14,16H,5,13,15,17-19H2,1H3,(H2,24,25,26);1H. The SMILES string of the molecule is CN=C(NCCCn1cccn1)NCc1ccc(COCc2ccccc2)cc1.I. The second kappa shape index (κ2) is 13.8. The van der Waals surface area contributed by atoms with Gasteiger partial charge in [0.2, 0.25) is 0 Å². The highest BCUT2D eigenvalue weighted by molar-refractivity contribution is 14.0. The summed E-state index contributed by atoms with van der Waals surface area (Å²) in [5, 5.41) is 10.9. The van der Waals surface area contributed by atoms with Crippen LogP contribution >= 0.6 is 24.0 Å². The van der Waals surface area contributed by atoms with Crippen molar-refractivity contribution in [2.24, 2.45) is 4.99 Å². The van der Waals surface area contributed by atoms with Crippen molar-refractivity contribution >= 4 is 29.9 Å². The van der Waals surface area contributed by atoms with Gasteiger partial charge in [-0.1, -0.05) is 54.6 Å². The summed E-state index contributed by atoms with van der Waals surface area (Å²) in [6, 6.07) is 20.6. The lowest BCUT2D eigenvalue weighted by Crippen LogP contribution is -2.37. The molecule has 0 aliphatic heterocycles. The average molecular weight is 519 g/mol. The van der Waals surface area contributed by atoms with E-state index in [2.05, 4.69) is 57.1 Å². The number of hydrogen-bond donors (Lipinski definition) is 2. The zero-order valence-electron chi connectivity index (χ0n) is 17.3. The Morgan fingerprint density at radius 1 is 0.933 bits per heavy atom. The van der Waals surface area contributed by atoms with Gasteiger partial charge in [-0.05, 0) is 29.2 Å². The maximum absolute atomic E-state index is 5.79. The van der Waals surface area contributed by atoms with E-state index in [1.807, 2.05) is 35.1 Å². The van der Waals surface area contributed by atoms with Crippen LogP contribution in [0.25, 0.3) is 0 Å². The summed E-state index contributed by atoms with van der Waals surface area (Å²) in [7, 11) is 1.79. The van der Waals surface area contributed by atoms with E-state index in [9.17, 15) is 0 Å². The molecule has 30 heavy (non-hydrogen) atoms. The number of halogens is 1. The average Bonchev–Trinajstić information content (AvgIpc) is 3.28. The smallest absolute Gasteiger partial charge is 0.191 e. The zero-order valence-corrected chi connectivity index (χ0v) is 19.7. The molecule has 0 bridgehead atoms. The van der Waals surface area contributed by atoms with E-state index in [0.717, 1.165) is 32.0 Å². The number of aromatic nitrogens is 2. The van der Waals surface area contributed by atoms with Crippen LogP contribution in [0.2, 0.25) is 0 Å². The highest BCUT2D eigenvalue weighted by atomic mass is 127. The predicted molar refractivity (Wildman–Crippen MR) is 132 cm³/mol. The van der Waals surface area contributed by atoms with Crippen LogP contribution < -0.4 is 10.6 Å². The highest BCUT2D eigenvalue weighted by Crippen LogP contribution is 2.08. The van der Waals surface area contributed by atoms with E-state index >= 15 is 0 Å². The van der Waals surface area contributed by atoms with Gasteiger partial charge in [-0.3, -0.25) is 9.67 Å². The van der Waals surface area contributed by atoms with Crippen molar-refractivity contribution in [2.75, 3.05) is 13.6 Å². The summed E-state index contributed by atoms with van der Waals surface area (Å²) in [4.78, 5) is 4.28.